The second kappa shape index (κ2) is 4.83. The summed E-state index contributed by atoms with van der Waals surface area (Å²) in [7, 11) is -2.07. The Labute approximate surface area is 106 Å². The summed E-state index contributed by atoms with van der Waals surface area (Å²) in [4.78, 5) is 3.83. The number of nitrogens with two attached hydrogens (primary N) is 1. The summed E-state index contributed by atoms with van der Waals surface area (Å²) in [6.45, 7) is 0.397. The largest absolute Gasteiger partial charge is 0.398 e. The summed E-state index contributed by atoms with van der Waals surface area (Å²) in [5, 5.41) is 9.20. The van der Waals surface area contributed by atoms with Gasteiger partial charge in [0.05, 0.1) is 11.8 Å². The highest BCUT2D eigenvalue weighted by Crippen LogP contribution is 2.29. The molecular weight excluding hydrogens is 254 g/mol. The van der Waals surface area contributed by atoms with Crippen molar-refractivity contribution in [2.75, 3.05) is 19.3 Å². The minimum Gasteiger partial charge on any atom is -0.398 e. The fourth-order valence-corrected chi connectivity index (χ4v) is 3.39. The standard InChI is InChI=1S/C11H17N3O3S/c1-14(7-8-4-9(15)5-8)18(16,17)11-6-13-3-2-10(11)12/h2-3,6,8-9,15H,4-5,7H2,1H3,(H2,12,13). The molecule has 1 heterocycles. The van der Waals surface area contributed by atoms with Crippen LogP contribution in [-0.2, 0) is 10.0 Å². The van der Waals surface area contributed by atoms with Crippen LogP contribution in [0.4, 0.5) is 5.69 Å². The maximum atomic E-state index is 12.3. The number of aliphatic hydroxyl groups is 1. The minimum atomic E-state index is -3.59. The van der Waals surface area contributed by atoms with Crippen LogP contribution in [-0.4, -0.2) is 42.5 Å². The van der Waals surface area contributed by atoms with Crippen molar-refractivity contribution in [1.29, 1.82) is 0 Å². The molecule has 6 nitrogen and oxygen atoms in total. The van der Waals surface area contributed by atoms with Gasteiger partial charge in [0.2, 0.25) is 10.0 Å². The Morgan fingerprint density at radius 1 is 1.56 bits per heavy atom. The van der Waals surface area contributed by atoms with Gasteiger partial charge in [-0.1, -0.05) is 0 Å². The summed E-state index contributed by atoms with van der Waals surface area (Å²) in [5.74, 6) is 0.220. The Kier molecular flexibility index (Phi) is 3.56. The van der Waals surface area contributed by atoms with Gasteiger partial charge in [0, 0.05) is 26.0 Å². The summed E-state index contributed by atoms with van der Waals surface area (Å²) < 4.78 is 25.8. The highest BCUT2D eigenvalue weighted by Gasteiger charge is 2.32. The molecule has 0 unspecified atom stereocenters. The second-order valence-electron chi connectivity index (χ2n) is 4.69. The Morgan fingerprint density at radius 2 is 2.22 bits per heavy atom. The van der Waals surface area contributed by atoms with E-state index in [4.69, 9.17) is 5.73 Å². The first-order chi connectivity index (χ1) is 8.41. The van der Waals surface area contributed by atoms with Crippen LogP contribution >= 0.6 is 0 Å². The van der Waals surface area contributed by atoms with Crippen LogP contribution in [0.3, 0.4) is 0 Å². The number of pyridine rings is 1. The van der Waals surface area contributed by atoms with Crippen LogP contribution in [0.1, 0.15) is 12.8 Å². The topological polar surface area (TPSA) is 96.5 Å². The van der Waals surface area contributed by atoms with Gasteiger partial charge in [0.25, 0.3) is 0 Å². The van der Waals surface area contributed by atoms with Crippen LogP contribution in [0.25, 0.3) is 0 Å². The predicted octanol–water partition coefficient (Wildman–Crippen LogP) is 0.0552. The van der Waals surface area contributed by atoms with E-state index in [2.05, 4.69) is 4.98 Å². The minimum absolute atomic E-state index is 0.0346. The fraction of sp³-hybridized carbons (Fsp3) is 0.545. The lowest BCUT2D eigenvalue weighted by Crippen LogP contribution is -2.39. The van der Waals surface area contributed by atoms with Gasteiger partial charge in [0.1, 0.15) is 4.90 Å². The van der Waals surface area contributed by atoms with Gasteiger partial charge >= 0.3 is 0 Å². The Bertz CT molecular complexity index is 526. The third kappa shape index (κ3) is 2.47. The molecule has 0 radical (unpaired) electrons. The van der Waals surface area contributed by atoms with Gasteiger partial charge in [-0.3, -0.25) is 4.98 Å². The van der Waals surface area contributed by atoms with Crippen LogP contribution in [0.15, 0.2) is 23.4 Å². The van der Waals surface area contributed by atoms with E-state index in [1.807, 2.05) is 0 Å². The van der Waals surface area contributed by atoms with Crippen molar-refractivity contribution < 1.29 is 13.5 Å². The average Bonchev–Trinajstić information content (AvgIpc) is 2.27. The fourth-order valence-electron chi connectivity index (χ4n) is 2.09. The Balaban J connectivity index is 2.13. The molecule has 0 spiro atoms. The molecule has 1 aromatic rings. The molecule has 1 fully saturated rings. The molecule has 1 aliphatic carbocycles. The molecule has 7 heteroatoms. The van der Waals surface area contributed by atoms with E-state index in [0.29, 0.717) is 19.4 Å². The smallest absolute Gasteiger partial charge is 0.246 e. The maximum Gasteiger partial charge on any atom is 0.246 e. The summed E-state index contributed by atoms with van der Waals surface area (Å²) in [6.07, 6.45) is 3.74. The molecule has 0 saturated heterocycles. The lowest BCUT2D eigenvalue weighted by molar-refractivity contribution is 0.0367. The maximum absolute atomic E-state index is 12.3. The number of hydrogen-bond donors (Lipinski definition) is 2. The molecule has 0 aromatic carbocycles. The Hall–Kier alpha value is -1.18. The first-order valence-corrected chi connectivity index (χ1v) is 7.19. The molecule has 0 aliphatic heterocycles. The van der Waals surface area contributed by atoms with Gasteiger partial charge in [-0.2, -0.15) is 0 Å². The molecule has 1 aromatic heterocycles. The molecule has 2 rings (SSSR count). The molecule has 100 valence electrons. The first-order valence-electron chi connectivity index (χ1n) is 5.75. The molecule has 0 atom stereocenters. The number of rotatable bonds is 4. The highest BCUT2D eigenvalue weighted by molar-refractivity contribution is 7.89. The van der Waals surface area contributed by atoms with E-state index >= 15 is 0 Å². The van der Waals surface area contributed by atoms with Crippen molar-refractivity contribution in [2.24, 2.45) is 5.92 Å². The van der Waals surface area contributed by atoms with Crippen LogP contribution in [0.2, 0.25) is 0 Å². The van der Waals surface area contributed by atoms with Crippen molar-refractivity contribution in [3.63, 3.8) is 0 Å². The van der Waals surface area contributed by atoms with Gasteiger partial charge in [0.15, 0.2) is 0 Å². The molecule has 1 aliphatic rings. The highest BCUT2D eigenvalue weighted by atomic mass is 32.2. The van der Waals surface area contributed by atoms with Crippen LogP contribution in [0.5, 0.6) is 0 Å². The number of aliphatic hydroxyl groups excluding tert-OH is 1. The van der Waals surface area contributed by atoms with E-state index in [1.54, 1.807) is 0 Å². The third-order valence-electron chi connectivity index (χ3n) is 3.23. The van der Waals surface area contributed by atoms with Crippen molar-refractivity contribution in [3.8, 4) is 0 Å². The summed E-state index contributed by atoms with van der Waals surface area (Å²) >= 11 is 0. The normalized spacial score (nSPS) is 23.9. The molecule has 0 bridgehead atoms. The Morgan fingerprint density at radius 3 is 2.78 bits per heavy atom. The van der Waals surface area contributed by atoms with Crippen molar-refractivity contribution >= 4 is 15.7 Å². The number of nitrogens with zero attached hydrogens (tertiary/aromatic N) is 2. The van der Waals surface area contributed by atoms with Crippen LogP contribution in [0, 0.1) is 5.92 Å². The zero-order valence-corrected chi connectivity index (χ0v) is 11.0. The van der Waals surface area contributed by atoms with Gasteiger partial charge < -0.3 is 10.8 Å². The monoisotopic (exact) mass is 271 g/mol. The molecule has 1 saturated carbocycles. The number of nitrogen functional groups attached to an aromatic ring is 1. The zero-order chi connectivity index (χ0) is 13.3. The van der Waals surface area contributed by atoms with Crippen molar-refractivity contribution in [1.82, 2.24) is 9.29 Å². The van der Waals surface area contributed by atoms with Gasteiger partial charge in [-0.15, -0.1) is 0 Å². The first kappa shape index (κ1) is 13.3. The van der Waals surface area contributed by atoms with E-state index < -0.39 is 10.0 Å². The number of anilines is 1. The van der Waals surface area contributed by atoms with Crippen molar-refractivity contribution in [3.05, 3.63) is 18.5 Å². The van der Waals surface area contributed by atoms with E-state index in [9.17, 15) is 13.5 Å². The molecule has 3 N–H and O–H groups in total. The average molecular weight is 271 g/mol. The van der Waals surface area contributed by atoms with E-state index in [0.717, 1.165) is 0 Å². The molecule has 0 amide bonds. The lowest BCUT2D eigenvalue weighted by Gasteiger charge is -2.34. The lowest BCUT2D eigenvalue weighted by atomic mass is 9.82. The number of sulfonamides is 1. The SMILES string of the molecule is CN(CC1CC(O)C1)S(=O)(=O)c1cnccc1N. The van der Waals surface area contributed by atoms with Crippen LogP contribution < -0.4 is 5.73 Å². The van der Waals surface area contributed by atoms with E-state index in [1.165, 1.54) is 29.8 Å². The zero-order valence-electron chi connectivity index (χ0n) is 10.2. The second-order valence-corrected chi connectivity index (χ2v) is 6.70. The summed E-state index contributed by atoms with van der Waals surface area (Å²) in [6, 6.07) is 1.47. The predicted molar refractivity (Wildman–Crippen MR) is 67.2 cm³/mol. The number of aromatic nitrogens is 1. The molecular formula is C11H17N3O3S. The quantitative estimate of drug-likeness (QED) is 0.807. The van der Waals surface area contributed by atoms with E-state index in [-0.39, 0.29) is 22.6 Å². The van der Waals surface area contributed by atoms with Gasteiger partial charge in [-0.05, 0) is 24.8 Å². The summed E-state index contributed by atoms with van der Waals surface area (Å²) in [5.41, 5.74) is 5.86. The molecule has 18 heavy (non-hydrogen) atoms. The van der Waals surface area contributed by atoms with Crippen molar-refractivity contribution in [2.45, 2.75) is 23.8 Å². The third-order valence-corrected chi connectivity index (χ3v) is 5.10. The number of hydrogen-bond acceptors (Lipinski definition) is 5. The van der Waals surface area contributed by atoms with Gasteiger partial charge in [-0.25, -0.2) is 12.7 Å².